The highest BCUT2D eigenvalue weighted by molar-refractivity contribution is 7.85. The molecule has 0 radical (unpaired) electrons. The van der Waals surface area contributed by atoms with Crippen molar-refractivity contribution in [3.05, 3.63) is 77.4 Å². The first-order chi connectivity index (χ1) is 17.2. The van der Waals surface area contributed by atoms with Gasteiger partial charge in [0.1, 0.15) is 12.1 Å². The van der Waals surface area contributed by atoms with E-state index in [9.17, 15) is 13.2 Å². The van der Waals surface area contributed by atoms with E-state index >= 15 is 4.39 Å². The Kier molecular flexibility index (Phi) is 7.17. The molecule has 0 spiro atoms. The van der Waals surface area contributed by atoms with E-state index in [1.165, 1.54) is 48.3 Å². The van der Waals surface area contributed by atoms with E-state index < -0.39 is 15.9 Å². The van der Waals surface area contributed by atoms with Crippen molar-refractivity contribution in [2.24, 2.45) is 0 Å². The van der Waals surface area contributed by atoms with Crippen molar-refractivity contribution < 1.29 is 26.5 Å². The van der Waals surface area contributed by atoms with Crippen LogP contribution in [0.15, 0.2) is 66.0 Å². The van der Waals surface area contributed by atoms with Crippen LogP contribution in [0.5, 0.6) is 11.5 Å². The van der Waals surface area contributed by atoms with E-state index in [0.717, 1.165) is 6.26 Å². The number of pyridine rings is 1. The van der Waals surface area contributed by atoms with Gasteiger partial charge in [-0.3, -0.25) is 18.5 Å². The molecule has 12 heteroatoms. The normalized spacial score (nSPS) is 11.4. The van der Waals surface area contributed by atoms with Crippen LogP contribution >= 0.6 is 0 Å². The SMILES string of the molecule is COc1cc(OC)c(F)c(N(CCOS(C)(=O)=O)c2ccc3ncn(-c4cccnc4)c(=O)c3c2)c1. The van der Waals surface area contributed by atoms with Gasteiger partial charge >= 0.3 is 0 Å². The molecule has 2 aromatic heterocycles. The number of benzene rings is 2. The number of methoxy groups -OCH3 is 2. The number of nitrogens with zero attached hydrogens (tertiary/aromatic N) is 4. The molecule has 0 aliphatic rings. The van der Waals surface area contributed by atoms with Gasteiger partial charge in [0.2, 0.25) is 0 Å². The fourth-order valence-electron chi connectivity index (χ4n) is 3.65. The summed E-state index contributed by atoms with van der Waals surface area (Å²) < 4.78 is 55.2. The van der Waals surface area contributed by atoms with E-state index in [-0.39, 0.29) is 35.5 Å². The second-order valence-electron chi connectivity index (χ2n) is 7.67. The molecule has 0 amide bonds. The lowest BCUT2D eigenvalue weighted by atomic mass is 10.1. The number of hydrogen-bond acceptors (Lipinski definition) is 9. The van der Waals surface area contributed by atoms with Crippen LogP contribution in [-0.4, -0.2) is 56.6 Å². The Balaban J connectivity index is 1.87. The van der Waals surface area contributed by atoms with E-state index in [1.807, 2.05) is 0 Å². The Morgan fingerprint density at radius 3 is 2.58 bits per heavy atom. The molecule has 4 aromatic rings. The zero-order valence-corrected chi connectivity index (χ0v) is 20.5. The van der Waals surface area contributed by atoms with Gasteiger partial charge in [-0.15, -0.1) is 0 Å². The predicted molar refractivity (Wildman–Crippen MR) is 132 cm³/mol. The monoisotopic (exact) mass is 514 g/mol. The standard InChI is InChI=1S/C24H23FN4O6S/c1-33-18-12-21(23(25)22(13-18)34-2)28(9-10-35-36(3,31)32)16-6-7-20-19(11-16)24(30)29(15-27-20)17-5-4-8-26-14-17/h4-8,11-15H,9-10H2,1-3H3. The van der Waals surface area contributed by atoms with E-state index in [0.29, 0.717) is 22.6 Å². The Hall–Kier alpha value is -4.03. The quantitative estimate of drug-likeness (QED) is 0.311. The summed E-state index contributed by atoms with van der Waals surface area (Å²) >= 11 is 0. The number of fused-ring (bicyclic) bond motifs is 1. The zero-order chi connectivity index (χ0) is 25.9. The molecule has 4 rings (SSSR count). The Morgan fingerprint density at radius 1 is 1.11 bits per heavy atom. The Morgan fingerprint density at radius 2 is 1.92 bits per heavy atom. The van der Waals surface area contributed by atoms with E-state index in [4.69, 9.17) is 13.7 Å². The molecule has 0 aliphatic carbocycles. The van der Waals surface area contributed by atoms with Crippen LogP contribution < -0.4 is 19.9 Å². The molecule has 0 aliphatic heterocycles. The van der Waals surface area contributed by atoms with Gasteiger partial charge < -0.3 is 14.4 Å². The van der Waals surface area contributed by atoms with Crippen molar-refractivity contribution in [3.8, 4) is 17.2 Å². The highest BCUT2D eigenvalue weighted by Gasteiger charge is 2.21. The average Bonchev–Trinajstić information content (AvgIpc) is 2.87. The second kappa shape index (κ2) is 10.3. The van der Waals surface area contributed by atoms with Gasteiger partial charge in [-0.25, -0.2) is 9.37 Å². The largest absolute Gasteiger partial charge is 0.497 e. The summed E-state index contributed by atoms with van der Waals surface area (Å²) in [7, 11) is -0.989. The number of ether oxygens (including phenoxy) is 2. The molecule has 0 fully saturated rings. The molecule has 0 saturated heterocycles. The summed E-state index contributed by atoms with van der Waals surface area (Å²) in [5.41, 5.74) is 1.05. The third kappa shape index (κ3) is 5.29. The minimum absolute atomic E-state index is 0.0409. The molecule has 0 bridgehead atoms. The molecule has 36 heavy (non-hydrogen) atoms. The van der Waals surface area contributed by atoms with Gasteiger partial charge in [0.15, 0.2) is 11.6 Å². The van der Waals surface area contributed by atoms with Crippen LogP contribution in [0.4, 0.5) is 15.8 Å². The minimum atomic E-state index is -3.74. The molecule has 0 atom stereocenters. The van der Waals surface area contributed by atoms with Crippen LogP contribution in [0.1, 0.15) is 0 Å². The third-order valence-electron chi connectivity index (χ3n) is 5.33. The second-order valence-corrected chi connectivity index (χ2v) is 9.32. The van der Waals surface area contributed by atoms with Crippen molar-refractivity contribution in [2.45, 2.75) is 0 Å². The van der Waals surface area contributed by atoms with E-state index in [2.05, 4.69) is 9.97 Å². The van der Waals surface area contributed by atoms with Gasteiger partial charge in [-0.2, -0.15) is 8.42 Å². The van der Waals surface area contributed by atoms with Crippen molar-refractivity contribution in [1.82, 2.24) is 14.5 Å². The maximum atomic E-state index is 15.4. The van der Waals surface area contributed by atoms with Crippen LogP contribution in [0.3, 0.4) is 0 Å². The Bertz CT molecular complexity index is 1560. The predicted octanol–water partition coefficient (Wildman–Crippen LogP) is 3.05. The van der Waals surface area contributed by atoms with Gasteiger partial charge in [0.05, 0.1) is 55.6 Å². The first-order valence-corrected chi connectivity index (χ1v) is 12.5. The van der Waals surface area contributed by atoms with Crippen molar-refractivity contribution in [2.75, 3.05) is 38.5 Å². The lowest BCUT2D eigenvalue weighted by molar-refractivity contribution is 0.330. The number of halogens is 1. The zero-order valence-electron chi connectivity index (χ0n) is 19.7. The number of aromatic nitrogens is 3. The lowest BCUT2D eigenvalue weighted by Crippen LogP contribution is -2.25. The molecule has 0 saturated carbocycles. The highest BCUT2D eigenvalue weighted by atomic mass is 32.2. The van der Waals surface area contributed by atoms with Crippen LogP contribution in [-0.2, 0) is 14.3 Å². The van der Waals surface area contributed by atoms with Crippen molar-refractivity contribution in [1.29, 1.82) is 0 Å². The van der Waals surface area contributed by atoms with E-state index in [1.54, 1.807) is 36.5 Å². The van der Waals surface area contributed by atoms with Crippen LogP contribution in [0, 0.1) is 5.82 Å². The van der Waals surface area contributed by atoms with Crippen molar-refractivity contribution >= 4 is 32.4 Å². The summed E-state index contributed by atoms with van der Waals surface area (Å²) in [4.78, 5) is 23.2. The average molecular weight is 515 g/mol. The molecule has 0 N–H and O–H groups in total. The number of rotatable bonds is 9. The fourth-order valence-corrected chi connectivity index (χ4v) is 4.03. The topological polar surface area (TPSA) is 113 Å². The first-order valence-electron chi connectivity index (χ1n) is 10.7. The summed E-state index contributed by atoms with van der Waals surface area (Å²) in [5.74, 6) is -0.449. The molecule has 10 nitrogen and oxygen atoms in total. The molecule has 0 unspecified atom stereocenters. The lowest BCUT2D eigenvalue weighted by Gasteiger charge is -2.26. The molecule has 188 valence electrons. The maximum absolute atomic E-state index is 15.4. The van der Waals surface area contributed by atoms with Gasteiger partial charge in [0.25, 0.3) is 15.7 Å². The molecular weight excluding hydrogens is 491 g/mol. The number of anilines is 2. The third-order valence-corrected chi connectivity index (χ3v) is 5.92. The summed E-state index contributed by atoms with van der Waals surface area (Å²) in [6.07, 6.45) is 5.46. The summed E-state index contributed by atoms with van der Waals surface area (Å²) in [6.45, 7) is -0.342. The number of hydrogen-bond donors (Lipinski definition) is 0. The van der Waals surface area contributed by atoms with Gasteiger partial charge in [-0.05, 0) is 30.3 Å². The van der Waals surface area contributed by atoms with Crippen LogP contribution in [0.25, 0.3) is 16.6 Å². The van der Waals surface area contributed by atoms with Crippen molar-refractivity contribution in [3.63, 3.8) is 0 Å². The maximum Gasteiger partial charge on any atom is 0.265 e. The fraction of sp³-hybridized carbons (Fsp3) is 0.208. The summed E-state index contributed by atoms with van der Waals surface area (Å²) in [6, 6.07) is 11.1. The van der Waals surface area contributed by atoms with Crippen LogP contribution in [0.2, 0.25) is 0 Å². The Labute approximate surface area is 206 Å². The summed E-state index contributed by atoms with van der Waals surface area (Å²) in [5, 5.41) is 0.267. The molecular formula is C24H23FN4O6S. The molecule has 2 heterocycles. The highest BCUT2D eigenvalue weighted by Crippen LogP contribution is 2.37. The first kappa shape index (κ1) is 25.1. The minimum Gasteiger partial charge on any atom is -0.497 e. The molecule has 2 aromatic carbocycles. The van der Waals surface area contributed by atoms with Gasteiger partial charge in [-0.1, -0.05) is 0 Å². The smallest absolute Gasteiger partial charge is 0.265 e. The van der Waals surface area contributed by atoms with Gasteiger partial charge in [0, 0.05) is 30.6 Å².